The Kier molecular flexibility index (Phi) is 3.47. The number of aryl methyl sites for hydroxylation is 1. The minimum Gasteiger partial charge on any atom is -0.339 e. The van der Waals surface area contributed by atoms with Crippen molar-refractivity contribution in [3.05, 3.63) is 81.7 Å². The zero-order chi connectivity index (χ0) is 16.7. The van der Waals surface area contributed by atoms with Crippen molar-refractivity contribution < 1.29 is 0 Å². The van der Waals surface area contributed by atoms with Gasteiger partial charge >= 0.3 is 0 Å². The van der Waals surface area contributed by atoms with Crippen molar-refractivity contribution in [3.63, 3.8) is 0 Å². The largest absolute Gasteiger partial charge is 0.339 e. The quantitative estimate of drug-likeness (QED) is 0.593. The van der Waals surface area contributed by atoms with Gasteiger partial charge in [-0.1, -0.05) is 54.1 Å². The second kappa shape index (κ2) is 5.65. The number of nitrogens with one attached hydrogen (secondary N) is 1. The van der Waals surface area contributed by atoms with Crippen molar-refractivity contribution >= 4 is 17.2 Å². The molecule has 24 heavy (non-hydrogen) atoms. The molecule has 0 amide bonds. The highest BCUT2D eigenvalue weighted by Crippen LogP contribution is 2.28. The molecule has 0 unspecified atom stereocenters. The van der Waals surface area contributed by atoms with Gasteiger partial charge in [-0.3, -0.25) is 4.79 Å². The van der Waals surface area contributed by atoms with E-state index in [4.69, 9.17) is 11.6 Å². The van der Waals surface area contributed by atoms with Gasteiger partial charge in [0.1, 0.15) is 5.65 Å². The predicted molar refractivity (Wildman–Crippen MR) is 96.4 cm³/mol. The smallest absolute Gasteiger partial charge is 0.274 e. The Hall–Kier alpha value is -2.85. The average Bonchev–Trinajstić information content (AvgIpc) is 2.93. The van der Waals surface area contributed by atoms with E-state index in [1.165, 1.54) is 4.52 Å². The zero-order valence-corrected chi connectivity index (χ0v) is 13.7. The van der Waals surface area contributed by atoms with Crippen molar-refractivity contribution in [2.24, 2.45) is 0 Å². The molecule has 0 aliphatic carbocycles. The Balaban J connectivity index is 2.01. The molecule has 0 radical (unpaired) electrons. The van der Waals surface area contributed by atoms with Gasteiger partial charge < -0.3 is 4.98 Å². The summed E-state index contributed by atoms with van der Waals surface area (Å²) in [6.45, 7) is 1.90. The summed E-state index contributed by atoms with van der Waals surface area (Å²) in [7, 11) is 0. The van der Waals surface area contributed by atoms with Crippen LogP contribution in [0.4, 0.5) is 0 Å². The van der Waals surface area contributed by atoms with Gasteiger partial charge in [-0.15, -0.1) is 0 Å². The van der Waals surface area contributed by atoms with Crippen molar-refractivity contribution in [1.82, 2.24) is 14.6 Å². The van der Waals surface area contributed by atoms with E-state index in [0.717, 1.165) is 28.1 Å². The molecular weight excluding hydrogens is 322 g/mol. The van der Waals surface area contributed by atoms with E-state index in [1.807, 2.05) is 61.5 Å². The molecule has 0 atom stereocenters. The Morgan fingerprint density at radius 2 is 1.71 bits per heavy atom. The third-order valence-corrected chi connectivity index (χ3v) is 4.26. The van der Waals surface area contributed by atoms with Gasteiger partial charge in [0.25, 0.3) is 5.56 Å². The number of fused-ring (bicyclic) bond motifs is 1. The van der Waals surface area contributed by atoms with Crippen molar-refractivity contribution in [3.8, 4) is 22.4 Å². The van der Waals surface area contributed by atoms with E-state index in [0.29, 0.717) is 10.7 Å². The Morgan fingerprint density at radius 3 is 2.42 bits per heavy atom. The predicted octanol–water partition coefficient (Wildman–Crippen LogP) is 4.32. The summed E-state index contributed by atoms with van der Waals surface area (Å²) < 4.78 is 1.41. The number of aromatic amines is 1. The first-order valence-electron chi connectivity index (χ1n) is 7.57. The number of H-pyrrole nitrogens is 1. The van der Waals surface area contributed by atoms with Gasteiger partial charge in [0, 0.05) is 16.7 Å². The third-order valence-electron chi connectivity index (χ3n) is 4.01. The molecule has 0 aliphatic rings. The number of hydrogen-bond donors (Lipinski definition) is 1. The lowest BCUT2D eigenvalue weighted by atomic mass is 10.1. The Labute approximate surface area is 143 Å². The molecule has 5 heteroatoms. The van der Waals surface area contributed by atoms with Crippen molar-refractivity contribution in [1.29, 1.82) is 0 Å². The molecule has 2 aromatic heterocycles. The fourth-order valence-corrected chi connectivity index (χ4v) is 3.01. The molecule has 2 aromatic carbocycles. The van der Waals surface area contributed by atoms with E-state index >= 15 is 0 Å². The van der Waals surface area contributed by atoms with E-state index < -0.39 is 0 Å². The Morgan fingerprint density at radius 1 is 1.00 bits per heavy atom. The molecular formula is C19H14ClN3O. The minimum atomic E-state index is -0.161. The van der Waals surface area contributed by atoms with Gasteiger partial charge in [-0.25, -0.2) is 0 Å². The van der Waals surface area contributed by atoms with Crippen LogP contribution in [0.2, 0.25) is 5.02 Å². The van der Waals surface area contributed by atoms with Crippen LogP contribution in [0.5, 0.6) is 0 Å². The lowest BCUT2D eigenvalue weighted by molar-refractivity contribution is 0.882. The van der Waals surface area contributed by atoms with Gasteiger partial charge in [0.15, 0.2) is 0 Å². The standard InChI is InChI=1S/C19H14ClN3O/c1-12-18(14-7-9-15(20)10-8-14)19-21-16(11-17(24)23(19)22-12)13-5-3-2-4-6-13/h2-11,21H,1H3. The zero-order valence-electron chi connectivity index (χ0n) is 13.0. The second-order valence-corrected chi connectivity index (χ2v) is 6.05. The van der Waals surface area contributed by atoms with Crippen molar-refractivity contribution in [2.75, 3.05) is 0 Å². The van der Waals surface area contributed by atoms with Gasteiger partial charge in [-0.05, 0) is 30.2 Å². The van der Waals surface area contributed by atoms with Gasteiger partial charge in [-0.2, -0.15) is 9.61 Å². The number of nitrogens with zero attached hydrogens (tertiary/aromatic N) is 2. The van der Waals surface area contributed by atoms with E-state index in [2.05, 4.69) is 10.1 Å². The number of benzene rings is 2. The summed E-state index contributed by atoms with van der Waals surface area (Å²) in [4.78, 5) is 15.8. The molecule has 4 aromatic rings. The van der Waals surface area contributed by atoms with Crippen LogP contribution in [-0.2, 0) is 0 Å². The summed E-state index contributed by atoms with van der Waals surface area (Å²) in [5.74, 6) is 0. The Bertz CT molecular complexity index is 1080. The molecule has 4 rings (SSSR count). The maximum Gasteiger partial charge on any atom is 0.274 e. The number of halogens is 1. The van der Waals surface area contributed by atoms with Crippen LogP contribution in [0.15, 0.2) is 65.5 Å². The maximum atomic E-state index is 12.5. The summed E-state index contributed by atoms with van der Waals surface area (Å²) in [5.41, 5.74) is 4.90. The van der Waals surface area contributed by atoms with E-state index in [-0.39, 0.29) is 5.56 Å². The summed E-state index contributed by atoms with van der Waals surface area (Å²) >= 11 is 5.98. The highest BCUT2D eigenvalue weighted by molar-refractivity contribution is 6.30. The average molecular weight is 336 g/mol. The van der Waals surface area contributed by atoms with Gasteiger partial charge in [0.05, 0.1) is 11.4 Å². The third kappa shape index (κ3) is 2.41. The van der Waals surface area contributed by atoms with Crippen LogP contribution < -0.4 is 5.56 Å². The van der Waals surface area contributed by atoms with Crippen LogP contribution in [0.1, 0.15) is 5.69 Å². The van der Waals surface area contributed by atoms with E-state index in [9.17, 15) is 4.79 Å². The second-order valence-electron chi connectivity index (χ2n) is 5.61. The van der Waals surface area contributed by atoms with Crippen LogP contribution in [0.3, 0.4) is 0 Å². The highest BCUT2D eigenvalue weighted by Gasteiger charge is 2.15. The first kappa shape index (κ1) is 14.7. The summed E-state index contributed by atoms with van der Waals surface area (Å²) in [6.07, 6.45) is 0. The highest BCUT2D eigenvalue weighted by atomic mass is 35.5. The SMILES string of the molecule is Cc1nn2c(=O)cc(-c3ccccc3)[nH]c2c1-c1ccc(Cl)cc1. The first-order valence-corrected chi connectivity index (χ1v) is 7.95. The van der Waals surface area contributed by atoms with Crippen LogP contribution >= 0.6 is 11.6 Å². The number of rotatable bonds is 2. The summed E-state index contributed by atoms with van der Waals surface area (Å²) in [5, 5.41) is 5.06. The fourth-order valence-electron chi connectivity index (χ4n) is 2.89. The first-order chi connectivity index (χ1) is 11.6. The molecule has 0 aliphatic heterocycles. The van der Waals surface area contributed by atoms with E-state index in [1.54, 1.807) is 6.07 Å². The van der Waals surface area contributed by atoms with Crippen LogP contribution in [0.25, 0.3) is 28.0 Å². The molecule has 1 N–H and O–H groups in total. The monoisotopic (exact) mass is 335 g/mol. The molecule has 2 heterocycles. The lowest BCUT2D eigenvalue weighted by Gasteiger charge is -2.05. The number of hydrogen-bond acceptors (Lipinski definition) is 2. The molecule has 0 spiro atoms. The normalized spacial score (nSPS) is 11.1. The molecule has 0 fully saturated rings. The molecule has 118 valence electrons. The number of aromatic nitrogens is 3. The van der Waals surface area contributed by atoms with Crippen LogP contribution in [0, 0.1) is 6.92 Å². The maximum absolute atomic E-state index is 12.5. The van der Waals surface area contributed by atoms with Gasteiger partial charge in [0.2, 0.25) is 0 Å². The van der Waals surface area contributed by atoms with Crippen LogP contribution in [-0.4, -0.2) is 14.6 Å². The fraction of sp³-hybridized carbons (Fsp3) is 0.0526. The minimum absolute atomic E-state index is 0.161. The molecule has 0 saturated heterocycles. The topological polar surface area (TPSA) is 50.2 Å². The molecule has 0 bridgehead atoms. The molecule has 0 saturated carbocycles. The molecule has 4 nitrogen and oxygen atoms in total. The lowest BCUT2D eigenvalue weighted by Crippen LogP contribution is -2.14. The summed E-state index contributed by atoms with van der Waals surface area (Å²) in [6, 6.07) is 18.9. The van der Waals surface area contributed by atoms with Crippen molar-refractivity contribution in [2.45, 2.75) is 6.92 Å².